The number of halogens is 1. The summed E-state index contributed by atoms with van der Waals surface area (Å²) in [6.45, 7) is 4.22. The summed E-state index contributed by atoms with van der Waals surface area (Å²) in [5.74, 6) is 0.0442. The van der Waals surface area contributed by atoms with Crippen molar-refractivity contribution in [1.82, 2.24) is 5.32 Å². The number of carbonyl (C=O) groups excluding carboxylic acids is 2. The van der Waals surface area contributed by atoms with E-state index in [1.807, 2.05) is 54.6 Å². The second-order valence-corrected chi connectivity index (χ2v) is 8.62. The molecule has 3 aromatic rings. The Labute approximate surface area is 198 Å². The van der Waals surface area contributed by atoms with Crippen molar-refractivity contribution in [3.05, 3.63) is 94.5 Å². The number of benzene rings is 3. The van der Waals surface area contributed by atoms with Crippen LogP contribution < -0.4 is 15.5 Å². The molecule has 0 bridgehead atoms. The van der Waals surface area contributed by atoms with E-state index in [2.05, 4.69) is 29.5 Å². The lowest BCUT2D eigenvalue weighted by atomic mass is 10.0. The van der Waals surface area contributed by atoms with E-state index in [1.54, 1.807) is 25.2 Å². The van der Waals surface area contributed by atoms with Gasteiger partial charge in [0.15, 0.2) is 0 Å². The summed E-state index contributed by atoms with van der Waals surface area (Å²) in [6, 6.07) is 21.9. The van der Waals surface area contributed by atoms with Gasteiger partial charge in [0.1, 0.15) is 0 Å². The zero-order valence-electron chi connectivity index (χ0n) is 18.7. The molecule has 33 heavy (non-hydrogen) atoms. The minimum atomic E-state index is -1.11. The first-order valence-corrected chi connectivity index (χ1v) is 11.1. The number of fused-ring (bicyclic) bond motifs is 1. The fourth-order valence-electron chi connectivity index (χ4n) is 3.71. The maximum atomic E-state index is 13.2. The molecule has 4 rings (SSSR count). The fourth-order valence-corrected chi connectivity index (χ4v) is 3.88. The highest BCUT2D eigenvalue weighted by Crippen LogP contribution is 2.30. The number of aliphatic imine (C=N–C) groups is 1. The van der Waals surface area contributed by atoms with E-state index in [9.17, 15) is 9.59 Å². The van der Waals surface area contributed by atoms with Gasteiger partial charge in [0.2, 0.25) is 6.17 Å². The number of hydrogen-bond acceptors (Lipinski definition) is 3. The van der Waals surface area contributed by atoms with Crippen LogP contribution in [0.4, 0.5) is 16.2 Å². The van der Waals surface area contributed by atoms with Gasteiger partial charge in [-0.3, -0.25) is 4.79 Å². The number of anilines is 2. The molecular weight excluding hydrogens is 436 g/mol. The number of carbonyl (C=O) groups is 2. The van der Waals surface area contributed by atoms with Crippen LogP contribution in [0.15, 0.2) is 77.8 Å². The number of likely N-dealkylation sites (N-methyl/N-ethyl adjacent to an activating group) is 1. The highest BCUT2D eigenvalue weighted by Gasteiger charge is 2.31. The normalized spacial score (nSPS) is 15.5. The maximum Gasteiger partial charge on any atom is 0.321 e. The highest BCUT2D eigenvalue weighted by molar-refractivity contribution is 6.32. The van der Waals surface area contributed by atoms with Gasteiger partial charge in [-0.05, 0) is 41.8 Å². The second kappa shape index (κ2) is 9.46. The third kappa shape index (κ3) is 4.91. The first-order chi connectivity index (χ1) is 15.8. The minimum Gasteiger partial charge on any atom is -0.311 e. The van der Waals surface area contributed by atoms with Gasteiger partial charge in [0.05, 0.1) is 11.4 Å². The predicted octanol–water partition coefficient (Wildman–Crippen LogP) is 5.43. The van der Waals surface area contributed by atoms with Gasteiger partial charge in [-0.15, -0.1) is 0 Å². The number of benzodiazepines with no additional fused rings is 1. The molecule has 0 radical (unpaired) electrons. The van der Waals surface area contributed by atoms with Gasteiger partial charge >= 0.3 is 6.03 Å². The fraction of sp³-hybridized carbons (Fsp3) is 0.192. The van der Waals surface area contributed by atoms with Crippen molar-refractivity contribution in [2.45, 2.75) is 25.9 Å². The molecule has 0 saturated heterocycles. The maximum absolute atomic E-state index is 13.2. The Kier molecular flexibility index (Phi) is 6.47. The topological polar surface area (TPSA) is 73.8 Å². The first-order valence-electron chi connectivity index (χ1n) is 10.7. The van der Waals surface area contributed by atoms with Crippen molar-refractivity contribution in [3.63, 3.8) is 0 Å². The molecule has 168 valence electrons. The van der Waals surface area contributed by atoms with Crippen molar-refractivity contribution in [2.24, 2.45) is 4.99 Å². The average molecular weight is 461 g/mol. The van der Waals surface area contributed by atoms with Gasteiger partial charge < -0.3 is 15.5 Å². The third-order valence-electron chi connectivity index (χ3n) is 5.55. The van der Waals surface area contributed by atoms with E-state index in [1.165, 1.54) is 10.5 Å². The lowest BCUT2D eigenvalue weighted by Gasteiger charge is -2.21. The molecule has 0 saturated carbocycles. The number of nitrogens with zero attached hydrogens (tertiary/aromatic N) is 2. The molecule has 3 amide bonds. The number of amides is 3. The Morgan fingerprint density at radius 1 is 1.03 bits per heavy atom. The standard InChI is InChI=1S/C26H25ClN4O2/c1-16(2)17-9-12-20(13-10-17)28-26(33)30-24-25(32)31(3)22-14-11-19(27)15-21(22)23(29-24)18-7-5-4-6-8-18/h4-16,24H,1-3H3,(H2,28,30,33). The van der Waals surface area contributed by atoms with Crippen LogP contribution in [0.3, 0.4) is 0 Å². The minimum absolute atomic E-state index is 0.352. The quantitative estimate of drug-likeness (QED) is 0.545. The number of hydrogen-bond donors (Lipinski definition) is 2. The summed E-state index contributed by atoms with van der Waals surface area (Å²) >= 11 is 6.27. The second-order valence-electron chi connectivity index (χ2n) is 8.18. The van der Waals surface area contributed by atoms with E-state index < -0.39 is 12.2 Å². The van der Waals surface area contributed by atoms with Crippen LogP contribution in [0.25, 0.3) is 0 Å². The molecule has 6 nitrogen and oxygen atoms in total. The van der Waals surface area contributed by atoms with Gasteiger partial charge in [-0.2, -0.15) is 0 Å². The summed E-state index contributed by atoms with van der Waals surface area (Å²) in [6.07, 6.45) is -1.11. The van der Waals surface area contributed by atoms with E-state index >= 15 is 0 Å². The summed E-state index contributed by atoms with van der Waals surface area (Å²) in [5.41, 5.74) is 4.60. The molecule has 0 fully saturated rings. The molecule has 3 aromatic carbocycles. The molecule has 0 spiro atoms. The Morgan fingerprint density at radius 3 is 2.39 bits per heavy atom. The summed E-state index contributed by atoms with van der Waals surface area (Å²) in [5, 5.41) is 6.03. The van der Waals surface area contributed by atoms with Crippen molar-refractivity contribution < 1.29 is 9.59 Å². The molecule has 1 atom stereocenters. The van der Waals surface area contributed by atoms with Gasteiger partial charge in [-0.1, -0.05) is 67.9 Å². The van der Waals surface area contributed by atoms with Crippen LogP contribution in [-0.4, -0.2) is 30.9 Å². The Hall–Kier alpha value is -3.64. The highest BCUT2D eigenvalue weighted by atomic mass is 35.5. The summed E-state index contributed by atoms with van der Waals surface area (Å²) in [4.78, 5) is 32.1. The molecule has 1 aliphatic heterocycles. The molecule has 1 aliphatic rings. The van der Waals surface area contributed by atoms with Crippen LogP contribution in [-0.2, 0) is 4.79 Å². The molecule has 1 unspecified atom stereocenters. The van der Waals surface area contributed by atoms with E-state index in [-0.39, 0.29) is 5.91 Å². The Morgan fingerprint density at radius 2 is 1.73 bits per heavy atom. The lowest BCUT2D eigenvalue weighted by molar-refractivity contribution is -0.119. The van der Waals surface area contributed by atoms with Crippen molar-refractivity contribution >= 4 is 40.6 Å². The third-order valence-corrected chi connectivity index (χ3v) is 5.78. The summed E-state index contributed by atoms with van der Waals surface area (Å²) < 4.78 is 0. The molecule has 2 N–H and O–H groups in total. The Balaban J connectivity index is 1.65. The monoisotopic (exact) mass is 460 g/mol. The molecule has 7 heteroatoms. The molecule has 1 heterocycles. The van der Waals surface area contributed by atoms with Crippen molar-refractivity contribution in [2.75, 3.05) is 17.3 Å². The van der Waals surface area contributed by atoms with Gasteiger partial charge in [0, 0.05) is 28.9 Å². The SMILES string of the molecule is CC(C)c1ccc(NC(=O)NC2N=C(c3ccccc3)c3cc(Cl)ccc3N(C)C2=O)cc1. The van der Waals surface area contributed by atoms with E-state index in [0.717, 1.165) is 11.1 Å². The number of urea groups is 1. The molecule has 0 aliphatic carbocycles. The number of nitrogens with one attached hydrogen (secondary N) is 2. The van der Waals surface area contributed by atoms with Crippen LogP contribution in [0.5, 0.6) is 0 Å². The van der Waals surface area contributed by atoms with Crippen molar-refractivity contribution in [3.8, 4) is 0 Å². The zero-order chi connectivity index (χ0) is 23.5. The van der Waals surface area contributed by atoms with Gasteiger partial charge in [-0.25, -0.2) is 9.79 Å². The molecular formula is C26H25ClN4O2. The largest absolute Gasteiger partial charge is 0.321 e. The predicted molar refractivity (Wildman–Crippen MR) is 133 cm³/mol. The van der Waals surface area contributed by atoms with Crippen molar-refractivity contribution in [1.29, 1.82) is 0 Å². The molecule has 0 aromatic heterocycles. The van der Waals surface area contributed by atoms with Gasteiger partial charge in [0.25, 0.3) is 5.91 Å². The van der Waals surface area contributed by atoms with Crippen LogP contribution >= 0.6 is 11.6 Å². The van der Waals surface area contributed by atoms with E-state index in [0.29, 0.717) is 28.0 Å². The van der Waals surface area contributed by atoms with E-state index in [4.69, 9.17) is 11.6 Å². The Bertz CT molecular complexity index is 1210. The smallest absolute Gasteiger partial charge is 0.311 e. The van der Waals surface area contributed by atoms with Crippen LogP contribution in [0.2, 0.25) is 5.02 Å². The summed E-state index contributed by atoms with van der Waals surface area (Å²) in [7, 11) is 1.66. The van der Waals surface area contributed by atoms with Crippen LogP contribution in [0, 0.1) is 0 Å². The number of rotatable bonds is 4. The average Bonchev–Trinajstić information content (AvgIpc) is 2.90. The zero-order valence-corrected chi connectivity index (χ0v) is 19.4. The lowest BCUT2D eigenvalue weighted by Crippen LogP contribution is -2.47. The first kappa shape index (κ1) is 22.6. The van der Waals surface area contributed by atoms with Crippen LogP contribution in [0.1, 0.15) is 36.5 Å².